The number of benzene rings is 1. The second kappa shape index (κ2) is 9.45. The highest BCUT2D eigenvalue weighted by molar-refractivity contribution is 5.78. The molecule has 0 aliphatic carbocycles. The Hall–Kier alpha value is -1.84. The predicted octanol–water partition coefficient (Wildman–Crippen LogP) is 1.14. The largest absolute Gasteiger partial charge is 0.573 e. The van der Waals surface area contributed by atoms with Crippen LogP contribution < -0.4 is 10.1 Å². The second-order valence-electron chi connectivity index (χ2n) is 5.24. The Bertz CT molecular complexity index is 526. The van der Waals surface area contributed by atoms with E-state index in [9.17, 15) is 23.1 Å². The van der Waals surface area contributed by atoms with Gasteiger partial charge in [-0.15, -0.1) is 13.2 Å². The lowest BCUT2D eigenvalue weighted by molar-refractivity contribution is -0.274. The Labute approximate surface area is 138 Å². The first-order chi connectivity index (χ1) is 11.2. The minimum absolute atomic E-state index is 0.0108. The fourth-order valence-electron chi connectivity index (χ4n) is 2.04. The van der Waals surface area contributed by atoms with Crippen molar-refractivity contribution in [2.75, 3.05) is 33.9 Å². The lowest BCUT2D eigenvalue weighted by Crippen LogP contribution is -2.39. The van der Waals surface area contributed by atoms with Gasteiger partial charge in [0.05, 0.1) is 19.3 Å². The van der Waals surface area contributed by atoms with Crippen LogP contribution in [-0.4, -0.2) is 62.2 Å². The van der Waals surface area contributed by atoms with E-state index in [4.69, 9.17) is 4.74 Å². The van der Waals surface area contributed by atoms with Crippen molar-refractivity contribution in [3.05, 3.63) is 29.8 Å². The zero-order chi connectivity index (χ0) is 18.2. The Morgan fingerprint density at radius 3 is 2.67 bits per heavy atom. The summed E-state index contributed by atoms with van der Waals surface area (Å²) in [4.78, 5) is 13.4. The van der Waals surface area contributed by atoms with Crippen LogP contribution in [0.5, 0.6) is 5.75 Å². The fourth-order valence-corrected chi connectivity index (χ4v) is 2.04. The summed E-state index contributed by atoms with van der Waals surface area (Å²) in [5, 5.41) is 12.1. The number of likely N-dealkylation sites (N-methyl/N-ethyl adjacent to an activating group) is 1. The molecule has 0 aliphatic heterocycles. The number of aliphatic hydroxyl groups is 1. The Kier molecular flexibility index (Phi) is 7.96. The van der Waals surface area contributed by atoms with Gasteiger partial charge >= 0.3 is 6.36 Å². The van der Waals surface area contributed by atoms with Crippen LogP contribution in [0.2, 0.25) is 0 Å². The topological polar surface area (TPSA) is 71.0 Å². The first kappa shape index (κ1) is 20.2. The molecule has 1 aromatic carbocycles. The van der Waals surface area contributed by atoms with Crippen molar-refractivity contribution in [1.29, 1.82) is 0 Å². The number of hydrogen-bond acceptors (Lipinski definition) is 5. The number of rotatable bonds is 9. The number of carbonyl (C=O) groups excluding carboxylic acids is 1. The maximum absolute atomic E-state index is 12.3. The molecule has 1 unspecified atom stereocenters. The highest BCUT2D eigenvalue weighted by Gasteiger charge is 2.31. The van der Waals surface area contributed by atoms with E-state index in [2.05, 4.69) is 10.1 Å². The van der Waals surface area contributed by atoms with Gasteiger partial charge in [-0.2, -0.15) is 0 Å². The molecule has 0 saturated heterocycles. The number of nitrogens with zero attached hydrogens (tertiary/aromatic N) is 1. The van der Waals surface area contributed by atoms with Crippen molar-refractivity contribution in [2.45, 2.75) is 19.0 Å². The number of hydrogen-bond donors (Lipinski definition) is 2. The molecule has 1 rings (SSSR count). The summed E-state index contributed by atoms with van der Waals surface area (Å²) in [7, 11) is 3.09. The van der Waals surface area contributed by atoms with Crippen LogP contribution in [-0.2, 0) is 16.1 Å². The molecule has 1 amide bonds. The van der Waals surface area contributed by atoms with E-state index in [0.29, 0.717) is 0 Å². The van der Waals surface area contributed by atoms with Gasteiger partial charge in [-0.25, -0.2) is 0 Å². The number of para-hydroxylation sites is 1. The molecule has 0 radical (unpaired) electrons. The van der Waals surface area contributed by atoms with Crippen LogP contribution >= 0.6 is 0 Å². The van der Waals surface area contributed by atoms with E-state index < -0.39 is 12.5 Å². The average molecular weight is 350 g/mol. The molecule has 0 spiro atoms. The number of aliphatic hydroxyl groups excluding tert-OH is 1. The van der Waals surface area contributed by atoms with Crippen molar-refractivity contribution < 1.29 is 32.5 Å². The predicted molar refractivity (Wildman–Crippen MR) is 80.4 cm³/mol. The zero-order valence-electron chi connectivity index (χ0n) is 13.5. The van der Waals surface area contributed by atoms with Gasteiger partial charge in [-0.3, -0.25) is 9.69 Å². The molecule has 2 N–H and O–H groups in total. The maximum atomic E-state index is 12.3. The second-order valence-corrected chi connectivity index (χ2v) is 5.24. The Morgan fingerprint density at radius 2 is 2.04 bits per heavy atom. The highest BCUT2D eigenvalue weighted by Crippen LogP contribution is 2.25. The third-order valence-corrected chi connectivity index (χ3v) is 2.97. The van der Waals surface area contributed by atoms with Gasteiger partial charge in [0, 0.05) is 25.8 Å². The zero-order valence-corrected chi connectivity index (χ0v) is 13.5. The number of methoxy groups -OCH3 is 1. The molecule has 24 heavy (non-hydrogen) atoms. The smallest absolute Gasteiger partial charge is 0.405 e. The summed E-state index contributed by atoms with van der Waals surface area (Å²) in [6.07, 6.45) is -5.52. The molecule has 0 heterocycles. The Balaban J connectivity index is 2.50. The third-order valence-electron chi connectivity index (χ3n) is 2.97. The summed E-state index contributed by atoms with van der Waals surface area (Å²) >= 11 is 0. The molecule has 0 aromatic heterocycles. The summed E-state index contributed by atoms with van der Waals surface area (Å²) in [6.45, 7) is 0.270. The van der Waals surface area contributed by atoms with Gasteiger partial charge < -0.3 is 19.9 Å². The van der Waals surface area contributed by atoms with Gasteiger partial charge in [0.2, 0.25) is 5.91 Å². The van der Waals surface area contributed by atoms with Crippen LogP contribution in [0.15, 0.2) is 24.3 Å². The van der Waals surface area contributed by atoms with E-state index in [-0.39, 0.29) is 43.5 Å². The number of alkyl halides is 3. The van der Waals surface area contributed by atoms with E-state index >= 15 is 0 Å². The van der Waals surface area contributed by atoms with E-state index in [1.54, 1.807) is 18.0 Å². The SMILES string of the molecule is COCC(O)CN(C)CC(=O)NCc1ccccc1OC(F)(F)F. The minimum atomic E-state index is -4.79. The maximum Gasteiger partial charge on any atom is 0.573 e. The normalized spacial score (nSPS) is 13.0. The molecule has 0 fully saturated rings. The number of ether oxygens (including phenoxy) is 2. The van der Waals surface area contributed by atoms with E-state index in [0.717, 1.165) is 0 Å². The molecule has 136 valence electrons. The quantitative estimate of drug-likeness (QED) is 0.699. The first-order valence-corrected chi connectivity index (χ1v) is 7.17. The number of halogens is 3. The molecular weight excluding hydrogens is 329 g/mol. The average Bonchev–Trinajstić information content (AvgIpc) is 2.44. The molecule has 0 bridgehead atoms. The molecule has 0 saturated carbocycles. The molecular formula is C15H21F3N2O4. The van der Waals surface area contributed by atoms with Crippen molar-refractivity contribution in [3.63, 3.8) is 0 Å². The highest BCUT2D eigenvalue weighted by atomic mass is 19.4. The van der Waals surface area contributed by atoms with Crippen LogP contribution in [0.3, 0.4) is 0 Å². The van der Waals surface area contributed by atoms with E-state index in [1.165, 1.54) is 25.3 Å². The van der Waals surface area contributed by atoms with Crippen LogP contribution in [0.25, 0.3) is 0 Å². The summed E-state index contributed by atoms with van der Waals surface area (Å²) in [6, 6.07) is 5.59. The van der Waals surface area contributed by atoms with Gasteiger partial charge in [0.25, 0.3) is 0 Å². The van der Waals surface area contributed by atoms with Crippen molar-refractivity contribution in [3.8, 4) is 5.75 Å². The minimum Gasteiger partial charge on any atom is -0.405 e. The van der Waals surface area contributed by atoms with Crippen molar-refractivity contribution >= 4 is 5.91 Å². The molecule has 0 aliphatic rings. The van der Waals surface area contributed by atoms with E-state index in [1.807, 2.05) is 0 Å². The van der Waals surface area contributed by atoms with Gasteiger partial charge in [0.15, 0.2) is 0 Å². The molecule has 9 heteroatoms. The number of nitrogens with one attached hydrogen (secondary N) is 1. The van der Waals surface area contributed by atoms with Crippen LogP contribution in [0, 0.1) is 0 Å². The van der Waals surface area contributed by atoms with Crippen LogP contribution in [0.4, 0.5) is 13.2 Å². The monoisotopic (exact) mass is 350 g/mol. The third kappa shape index (κ3) is 8.14. The van der Waals surface area contributed by atoms with Gasteiger partial charge in [-0.1, -0.05) is 18.2 Å². The lowest BCUT2D eigenvalue weighted by Gasteiger charge is -2.20. The summed E-state index contributed by atoms with van der Waals surface area (Å²) in [5.74, 6) is -0.738. The van der Waals surface area contributed by atoms with Crippen molar-refractivity contribution in [1.82, 2.24) is 10.2 Å². The summed E-state index contributed by atoms with van der Waals surface area (Å²) < 4.78 is 45.7. The van der Waals surface area contributed by atoms with Crippen molar-refractivity contribution in [2.24, 2.45) is 0 Å². The number of amides is 1. The molecule has 1 aromatic rings. The van der Waals surface area contributed by atoms with Crippen LogP contribution in [0.1, 0.15) is 5.56 Å². The molecule has 1 atom stereocenters. The molecule has 6 nitrogen and oxygen atoms in total. The number of carbonyl (C=O) groups is 1. The first-order valence-electron chi connectivity index (χ1n) is 7.17. The van der Waals surface area contributed by atoms with Gasteiger partial charge in [0.1, 0.15) is 5.75 Å². The lowest BCUT2D eigenvalue weighted by atomic mass is 10.2. The van der Waals surface area contributed by atoms with Gasteiger partial charge in [-0.05, 0) is 13.1 Å². The standard InChI is InChI=1S/C15H21F3N2O4/c1-20(8-12(21)10-23-2)9-14(22)19-7-11-5-3-4-6-13(11)24-15(16,17)18/h3-6,12,21H,7-10H2,1-2H3,(H,19,22). The summed E-state index contributed by atoms with van der Waals surface area (Å²) in [5.41, 5.74) is 0.213. The Morgan fingerprint density at radius 1 is 1.38 bits per heavy atom. The fraction of sp³-hybridized carbons (Fsp3) is 0.533.